The number of fused-ring (bicyclic) bond motifs is 1. The molecule has 0 spiro atoms. The van der Waals surface area contributed by atoms with Gasteiger partial charge in [-0.1, -0.05) is 18.2 Å². The molecule has 1 atom stereocenters. The van der Waals surface area contributed by atoms with Gasteiger partial charge in [0, 0.05) is 12.0 Å². The maximum Gasteiger partial charge on any atom is 0.252 e. The maximum absolute atomic E-state index is 11.4. The Bertz CT molecular complexity index is 396. The highest BCUT2D eigenvalue weighted by Gasteiger charge is 2.28. The first-order valence-corrected chi connectivity index (χ1v) is 4.57. The van der Waals surface area contributed by atoms with Gasteiger partial charge in [0.05, 0.1) is 6.04 Å². The predicted octanol–water partition coefficient (Wildman–Crippen LogP) is 1.45. The molecule has 1 aromatic carbocycles. The summed E-state index contributed by atoms with van der Waals surface area (Å²) in [6.45, 7) is 1.53. The molecule has 1 aromatic rings. The van der Waals surface area contributed by atoms with E-state index in [0.29, 0.717) is 12.0 Å². The molecule has 3 heteroatoms. The van der Waals surface area contributed by atoms with Crippen molar-refractivity contribution in [2.45, 2.75) is 19.4 Å². The summed E-state index contributed by atoms with van der Waals surface area (Å²) in [5.74, 6) is 0.0128. The summed E-state index contributed by atoms with van der Waals surface area (Å²) in [4.78, 5) is 22.4. The smallest absolute Gasteiger partial charge is 0.252 e. The third-order valence-corrected chi connectivity index (χ3v) is 2.38. The van der Waals surface area contributed by atoms with Gasteiger partial charge < -0.3 is 5.32 Å². The highest BCUT2D eigenvalue weighted by atomic mass is 16.2. The van der Waals surface area contributed by atoms with E-state index in [9.17, 15) is 9.59 Å². The lowest BCUT2D eigenvalue weighted by Crippen LogP contribution is -2.20. The zero-order valence-electron chi connectivity index (χ0n) is 7.91. The van der Waals surface area contributed by atoms with Gasteiger partial charge in [-0.2, -0.15) is 0 Å². The lowest BCUT2D eigenvalue weighted by Gasteiger charge is -2.08. The third-order valence-electron chi connectivity index (χ3n) is 2.38. The first kappa shape index (κ1) is 8.94. The van der Waals surface area contributed by atoms with E-state index >= 15 is 0 Å². The minimum absolute atomic E-state index is 0.0770. The van der Waals surface area contributed by atoms with E-state index in [2.05, 4.69) is 5.32 Å². The molecule has 1 heterocycles. The van der Waals surface area contributed by atoms with E-state index in [1.807, 2.05) is 18.2 Å². The van der Waals surface area contributed by atoms with Crippen LogP contribution in [0.1, 0.15) is 35.3 Å². The molecule has 0 aromatic heterocycles. The van der Waals surface area contributed by atoms with Gasteiger partial charge in [0.15, 0.2) is 0 Å². The van der Waals surface area contributed by atoms with Crippen molar-refractivity contribution < 1.29 is 9.59 Å². The number of ketones is 1. The number of Topliss-reactive ketones (excluding diaryl/α,β-unsaturated/α-hetero) is 1. The van der Waals surface area contributed by atoms with E-state index in [0.717, 1.165) is 5.56 Å². The van der Waals surface area contributed by atoms with Crippen LogP contribution in [0.15, 0.2) is 24.3 Å². The van der Waals surface area contributed by atoms with E-state index in [-0.39, 0.29) is 17.7 Å². The summed E-state index contributed by atoms with van der Waals surface area (Å²) in [6, 6.07) is 7.25. The number of nitrogens with one attached hydrogen (secondary N) is 1. The Morgan fingerprint density at radius 2 is 2.14 bits per heavy atom. The molecule has 0 saturated carbocycles. The normalized spacial score (nSPS) is 18.9. The molecule has 3 nitrogen and oxygen atoms in total. The molecule has 0 fully saturated rings. The zero-order chi connectivity index (χ0) is 10.1. The van der Waals surface area contributed by atoms with Crippen LogP contribution in [0.25, 0.3) is 0 Å². The van der Waals surface area contributed by atoms with Crippen LogP contribution >= 0.6 is 0 Å². The highest BCUT2D eigenvalue weighted by Crippen LogP contribution is 2.27. The van der Waals surface area contributed by atoms with Gasteiger partial charge in [-0.05, 0) is 18.6 Å². The summed E-state index contributed by atoms with van der Waals surface area (Å²) in [5.41, 5.74) is 1.63. The van der Waals surface area contributed by atoms with E-state index < -0.39 is 0 Å². The minimum Gasteiger partial charge on any atom is -0.345 e. The van der Waals surface area contributed by atoms with Gasteiger partial charge in [-0.25, -0.2) is 0 Å². The van der Waals surface area contributed by atoms with Crippen LogP contribution in [0.4, 0.5) is 0 Å². The number of carbonyl (C=O) groups excluding carboxylic acids is 2. The fourth-order valence-corrected chi connectivity index (χ4v) is 1.77. The van der Waals surface area contributed by atoms with E-state index in [1.54, 1.807) is 6.07 Å². The molecule has 14 heavy (non-hydrogen) atoms. The largest absolute Gasteiger partial charge is 0.345 e. The highest BCUT2D eigenvalue weighted by molar-refractivity contribution is 5.99. The quantitative estimate of drug-likeness (QED) is 0.765. The van der Waals surface area contributed by atoms with Gasteiger partial charge in [0.25, 0.3) is 5.91 Å². The Morgan fingerprint density at radius 3 is 2.86 bits per heavy atom. The predicted molar refractivity (Wildman–Crippen MR) is 51.9 cm³/mol. The fraction of sp³-hybridized carbons (Fsp3) is 0.273. The molecule has 0 saturated heterocycles. The Labute approximate surface area is 82.1 Å². The van der Waals surface area contributed by atoms with Crippen molar-refractivity contribution in [3.8, 4) is 0 Å². The molecule has 72 valence electrons. The number of rotatable bonds is 2. The molecular weight excluding hydrogens is 178 g/mol. The van der Waals surface area contributed by atoms with Crippen LogP contribution < -0.4 is 5.32 Å². The van der Waals surface area contributed by atoms with E-state index in [1.165, 1.54) is 6.92 Å². The monoisotopic (exact) mass is 189 g/mol. The molecule has 2 rings (SSSR count). The van der Waals surface area contributed by atoms with Crippen molar-refractivity contribution in [2.75, 3.05) is 0 Å². The lowest BCUT2D eigenvalue weighted by atomic mass is 10.0. The standard InChI is InChI=1S/C11H11NO2/c1-7(13)6-10-8-4-2-3-5-9(8)11(14)12-10/h2-5,10H,6H2,1H3,(H,12,14). The Hall–Kier alpha value is -1.64. The lowest BCUT2D eigenvalue weighted by molar-refractivity contribution is -0.117. The average Bonchev–Trinajstić information content (AvgIpc) is 2.44. The summed E-state index contributed by atoms with van der Waals surface area (Å²) in [7, 11) is 0. The van der Waals surface area contributed by atoms with Crippen molar-refractivity contribution in [1.82, 2.24) is 5.32 Å². The molecular formula is C11H11NO2. The minimum atomic E-state index is -0.129. The van der Waals surface area contributed by atoms with Crippen LogP contribution in [0.2, 0.25) is 0 Å². The Morgan fingerprint density at radius 1 is 1.43 bits per heavy atom. The second-order valence-corrected chi connectivity index (χ2v) is 3.52. The van der Waals surface area contributed by atoms with Crippen molar-refractivity contribution in [2.24, 2.45) is 0 Å². The van der Waals surface area contributed by atoms with Crippen LogP contribution in [-0.2, 0) is 4.79 Å². The molecule has 0 radical (unpaired) electrons. The second kappa shape index (κ2) is 3.25. The molecule has 1 amide bonds. The van der Waals surface area contributed by atoms with Gasteiger partial charge in [-0.15, -0.1) is 0 Å². The van der Waals surface area contributed by atoms with Gasteiger partial charge >= 0.3 is 0 Å². The molecule has 1 N–H and O–H groups in total. The molecule has 1 unspecified atom stereocenters. The fourth-order valence-electron chi connectivity index (χ4n) is 1.77. The van der Waals surface area contributed by atoms with Crippen LogP contribution in [0, 0.1) is 0 Å². The average molecular weight is 189 g/mol. The first-order chi connectivity index (χ1) is 6.68. The second-order valence-electron chi connectivity index (χ2n) is 3.52. The van der Waals surface area contributed by atoms with Gasteiger partial charge in [0.2, 0.25) is 0 Å². The summed E-state index contributed by atoms with van der Waals surface area (Å²) < 4.78 is 0. The summed E-state index contributed by atoms with van der Waals surface area (Å²) in [6.07, 6.45) is 0.378. The number of carbonyl (C=O) groups is 2. The summed E-state index contributed by atoms with van der Waals surface area (Å²) in [5, 5.41) is 2.79. The maximum atomic E-state index is 11.4. The van der Waals surface area contributed by atoms with Gasteiger partial charge in [0.1, 0.15) is 5.78 Å². The van der Waals surface area contributed by atoms with Crippen molar-refractivity contribution in [1.29, 1.82) is 0 Å². The summed E-state index contributed by atoms with van der Waals surface area (Å²) >= 11 is 0. The third kappa shape index (κ3) is 1.41. The molecule has 0 bridgehead atoms. The SMILES string of the molecule is CC(=O)CC1NC(=O)c2ccccc21. The van der Waals surface area contributed by atoms with Crippen molar-refractivity contribution in [3.05, 3.63) is 35.4 Å². The van der Waals surface area contributed by atoms with Crippen molar-refractivity contribution in [3.63, 3.8) is 0 Å². The number of amides is 1. The molecule has 0 aliphatic carbocycles. The van der Waals surface area contributed by atoms with E-state index in [4.69, 9.17) is 0 Å². The molecule has 1 aliphatic heterocycles. The first-order valence-electron chi connectivity index (χ1n) is 4.57. The van der Waals surface area contributed by atoms with Crippen molar-refractivity contribution >= 4 is 11.7 Å². The number of hydrogen-bond acceptors (Lipinski definition) is 2. The number of hydrogen-bond donors (Lipinski definition) is 1. The van der Waals surface area contributed by atoms with Gasteiger partial charge in [-0.3, -0.25) is 9.59 Å². The number of benzene rings is 1. The topological polar surface area (TPSA) is 46.2 Å². The zero-order valence-corrected chi connectivity index (χ0v) is 7.91. The van der Waals surface area contributed by atoms with Crippen LogP contribution in [0.5, 0.6) is 0 Å². The molecule has 1 aliphatic rings. The van der Waals surface area contributed by atoms with Crippen LogP contribution in [-0.4, -0.2) is 11.7 Å². The van der Waals surface area contributed by atoms with Crippen LogP contribution in [0.3, 0.4) is 0 Å². The Kier molecular flexibility index (Phi) is 2.08. The Balaban J connectivity index is 2.34.